The van der Waals surface area contributed by atoms with E-state index >= 15 is 0 Å². The van der Waals surface area contributed by atoms with Crippen LogP contribution in [-0.2, 0) is 6.42 Å². The van der Waals surface area contributed by atoms with Crippen LogP contribution in [0.15, 0.2) is 22.6 Å². The number of para-hydroxylation sites is 1. The molecule has 0 fully saturated rings. The molecule has 1 aromatic carbocycles. The zero-order valence-corrected chi connectivity index (χ0v) is 7.56. The molecule has 0 amide bonds. The number of aromatic nitrogens is 1. The fourth-order valence-corrected chi connectivity index (χ4v) is 1.28. The zero-order chi connectivity index (χ0) is 10.1. The van der Waals surface area contributed by atoms with E-state index in [1.165, 1.54) is 6.07 Å². The Morgan fingerprint density at radius 1 is 1.57 bits per heavy atom. The largest absolute Gasteiger partial charge is 0.440 e. The van der Waals surface area contributed by atoms with Crippen LogP contribution in [0.2, 0.25) is 0 Å². The maximum Gasteiger partial charge on any atom is 0.298 e. The van der Waals surface area contributed by atoms with Gasteiger partial charge in [0.2, 0.25) is 0 Å². The van der Waals surface area contributed by atoms with Crippen LogP contribution < -0.4 is 0 Å². The van der Waals surface area contributed by atoms with E-state index in [0.717, 1.165) is 0 Å². The van der Waals surface area contributed by atoms with E-state index in [-0.39, 0.29) is 5.69 Å². The summed E-state index contributed by atoms with van der Waals surface area (Å²) >= 11 is 0. The van der Waals surface area contributed by atoms with Crippen molar-refractivity contribution in [1.29, 1.82) is 0 Å². The average Bonchev–Trinajstić information content (AvgIpc) is 2.59. The molecule has 72 valence electrons. The lowest BCUT2D eigenvalue weighted by molar-refractivity contribution is -0.383. The Bertz CT molecular complexity index is 490. The van der Waals surface area contributed by atoms with E-state index in [1.54, 1.807) is 12.1 Å². The molecular weight excluding hydrogens is 184 g/mol. The molecule has 0 aliphatic rings. The predicted octanol–water partition coefficient (Wildman–Crippen LogP) is 2.30. The van der Waals surface area contributed by atoms with Crippen LogP contribution >= 0.6 is 0 Å². The number of nitrogens with zero attached hydrogens (tertiary/aromatic N) is 2. The van der Waals surface area contributed by atoms with Gasteiger partial charge in [0.25, 0.3) is 5.69 Å². The normalized spacial score (nSPS) is 10.6. The molecule has 0 atom stereocenters. The average molecular weight is 192 g/mol. The summed E-state index contributed by atoms with van der Waals surface area (Å²) in [6, 6.07) is 4.68. The lowest BCUT2D eigenvalue weighted by Gasteiger charge is -1.89. The molecule has 0 bridgehead atoms. The van der Waals surface area contributed by atoms with Crippen molar-refractivity contribution >= 4 is 16.8 Å². The SMILES string of the molecule is CCc1nc2c([N+](=O)[O-])cccc2o1. The van der Waals surface area contributed by atoms with E-state index < -0.39 is 4.92 Å². The smallest absolute Gasteiger partial charge is 0.298 e. The van der Waals surface area contributed by atoms with Crippen molar-refractivity contribution in [3.63, 3.8) is 0 Å². The van der Waals surface area contributed by atoms with Crippen LogP contribution in [-0.4, -0.2) is 9.91 Å². The Hall–Kier alpha value is -1.91. The second kappa shape index (κ2) is 3.10. The minimum Gasteiger partial charge on any atom is -0.440 e. The van der Waals surface area contributed by atoms with Gasteiger partial charge >= 0.3 is 0 Å². The highest BCUT2D eigenvalue weighted by atomic mass is 16.6. The lowest BCUT2D eigenvalue weighted by atomic mass is 10.3. The van der Waals surface area contributed by atoms with Gasteiger partial charge < -0.3 is 4.42 Å². The number of benzene rings is 1. The van der Waals surface area contributed by atoms with Gasteiger partial charge in [-0.3, -0.25) is 10.1 Å². The number of rotatable bonds is 2. The highest BCUT2D eigenvalue weighted by Gasteiger charge is 2.16. The monoisotopic (exact) mass is 192 g/mol. The number of non-ortho nitro benzene ring substituents is 1. The van der Waals surface area contributed by atoms with E-state index in [2.05, 4.69) is 4.98 Å². The van der Waals surface area contributed by atoms with Gasteiger partial charge in [-0.1, -0.05) is 13.0 Å². The van der Waals surface area contributed by atoms with Crippen molar-refractivity contribution in [2.24, 2.45) is 0 Å². The van der Waals surface area contributed by atoms with Crippen LogP contribution in [0.25, 0.3) is 11.1 Å². The molecule has 0 saturated heterocycles. The van der Waals surface area contributed by atoms with Crippen LogP contribution in [0.4, 0.5) is 5.69 Å². The molecule has 0 unspecified atom stereocenters. The predicted molar refractivity (Wildman–Crippen MR) is 50.0 cm³/mol. The van der Waals surface area contributed by atoms with Crippen molar-refractivity contribution in [2.75, 3.05) is 0 Å². The molecule has 14 heavy (non-hydrogen) atoms. The third kappa shape index (κ3) is 1.22. The van der Waals surface area contributed by atoms with Crippen LogP contribution in [0.3, 0.4) is 0 Å². The van der Waals surface area contributed by atoms with Crippen molar-refractivity contribution in [3.8, 4) is 0 Å². The van der Waals surface area contributed by atoms with Gasteiger partial charge in [-0.05, 0) is 6.07 Å². The highest BCUT2D eigenvalue weighted by Crippen LogP contribution is 2.25. The van der Waals surface area contributed by atoms with E-state index in [9.17, 15) is 10.1 Å². The minimum atomic E-state index is -0.454. The quantitative estimate of drug-likeness (QED) is 0.540. The second-order valence-electron chi connectivity index (χ2n) is 2.84. The van der Waals surface area contributed by atoms with Gasteiger partial charge in [0, 0.05) is 12.5 Å². The number of aryl methyl sites for hydroxylation is 1. The Morgan fingerprint density at radius 3 is 3.00 bits per heavy atom. The van der Waals surface area contributed by atoms with Gasteiger partial charge in [-0.2, -0.15) is 0 Å². The molecule has 2 rings (SSSR count). The fourth-order valence-electron chi connectivity index (χ4n) is 1.28. The molecule has 2 aromatic rings. The summed E-state index contributed by atoms with van der Waals surface area (Å²) in [6.45, 7) is 1.89. The standard InChI is InChI=1S/C9H8N2O3/c1-2-8-10-9-6(11(12)13)4-3-5-7(9)14-8/h3-5H,2H2,1H3. The molecule has 0 N–H and O–H groups in total. The molecule has 0 aliphatic carbocycles. The van der Waals surface area contributed by atoms with Gasteiger partial charge in [-0.15, -0.1) is 0 Å². The zero-order valence-electron chi connectivity index (χ0n) is 7.56. The molecule has 5 heteroatoms. The molecular formula is C9H8N2O3. The number of oxazole rings is 1. The first-order chi connectivity index (χ1) is 6.72. The third-order valence-corrected chi connectivity index (χ3v) is 1.94. The summed E-state index contributed by atoms with van der Waals surface area (Å²) < 4.78 is 5.29. The second-order valence-corrected chi connectivity index (χ2v) is 2.84. The van der Waals surface area contributed by atoms with Crippen LogP contribution in [0, 0.1) is 10.1 Å². The van der Waals surface area contributed by atoms with E-state index in [1.807, 2.05) is 6.92 Å². The molecule has 0 spiro atoms. The summed E-state index contributed by atoms with van der Waals surface area (Å²) in [6.07, 6.45) is 0.631. The van der Waals surface area contributed by atoms with E-state index in [4.69, 9.17) is 4.42 Å². The summed E-state index contributed by atoms with van der Waals surface area (Å²) in [5.74, 6) is 0.523. The van der Waals surface area contributed by atoms with E-state index in [0.29, 0.717) is 23.4 Å². The fraction of sp³-hybridized carbons (Fsp3) is 0.222. The maximum absolute atomic E-state index is 10.6. The van der Waals surface area contributed by atoms with Crippen molar-refractivity contribution in [2.45, 2.75) is 13.3 Å². The lowest BCUT2D eigenvalue weighted by Crippen LogP contribution is -1.88. The highest BCUT2D eigenvalue weighted by molar-refractivity contribution is 5.82. The number of hydrogen-bond acceptors (Lipinski definition) is 4. The Morgan fingerprint density at radius 2 is 2.36 bits per heavy atom. The van der Waals surface area contributed by atoms with Crippen LogP contribution in [0.1, 0.15) is 12.8 Å². The Kier molecular flexibility index (Phi) is 1.92. The molecule has 1 aromatic heterocycles. The first kappa shape index (κ1) is 8.68. The van der Waals surface area contributed by atoms with Gasteiger partial charge in [0.15, 0.2) is 17.0 Å². The summed E-state index contributed by atoms with van der Waals surface area (Å²) in [5.41, 5.74) is 0.788. The van der Waals surface area contributed by atoms with Crippen molar-refractivity contribution in [3.05, 3.63) is 34.2 Å². The third-order valence-electron chi connectivity index (χ3n) is 1.94. The first-order valence-electron chi connectivity index (χ1n) is 4.25. The Labute approximate surface area is 79.5 Å². The topological polar surface area (TPSA) is 69.2 Å². The molecule has 5 nitrogen and oxygen atoms in total. The molecule has 1 heterocycles. The van der Waals surface area contributed by atoms with Gasteiger partial charge in [0.05, 0.1) is 4.92 Å². The van der Waals surface area contributed by atoms with Crippen molar-refractivity contribution < 1.29 is 9.34 Å². The Balaban J connectivity index is 2.73. The minimum absolute atomic E-state index is 0.00838. The molecule has 0 radical (unpaired) electrons. The van der Waals surface area contributed by atoms with Crippen molar-refractivity contribution in [1.82, 2.24) is 4.98 Å². The van der Waals surface area contributed by atoms with Gasteiger partial charge in [0.1, 0.15) is 0 Å². The number of nitro groups is 1. The summed E-state index contributed by atoms with van der Waals surface area (Å²) in [5, 5.41) is 10.6. The first-order valence-corrected chi connectivity index (χ1v) is 4.25. The molecule has 0 aliphatic heterocycles. The van der Waals surface area contributed by atoms with Crippen LogP contribution in [0.5, 0.6) is 0 Å². The number of nitro benzene ring substituents is 1. The summed E-state index contributed by atoms with van der Waals surface area (Å²) in [4.78, 5) is 14.2. The number of hydrogen-bond donors (Lipinski definition) is 0. The molecule has 0 saturated carbocycles. The maximum atomic E-state index is 10.6. The summed E-state index contributed by atoms with van der Waals surface area (Å²) in [7, 11) is 0. The number of fused-ring (bicyclic) bond motifs is 1. The van der Waals surface area contributed by atoms with Gasteiger partial charge in [-0.25, -0.2) is 4.98 Å².